The minimum absolute atomic E-state index is 0.248. The fourth-order valence-corrected chi connectivity index (χ4v) is 8.10. The molecule has 7 nitrogen and oxygen atoms in total. The summed E-state index contributed by atoms with van der Waals surface area (Å²) in [5.41, 5.74) is 8.60. The van der Waals surface area contributed by atoms with Crippen molar-refractivity contribution in [3.05, 3.63) is 23.8 Å². The lowest BCUT2D eigenvalue weighted by molar-refractivity contribution is -0.141. The highest BCUT2D eigenvalue weighted by Gasteiger charge is 2.52. The topological polar surface area (TPSA) is 130 Å². The number of nitrogens with two attached hydrogens (primary N) is 1. The van der Waals surface area contributed by atoms with E-state index in [1.165, 1.54) is 49.8 Å². The molecule has 1 aromatic heterocycles. The molecule has 7 heteroatoms. The van der Waals surface area contributed by atoms with Crippen molar-refractivity contribution >= 4 is 18.1 Å². The minimum atomic E-state index is -0.833. The van der Waals surface area contributed by atoms with E-state index in [4.69, 9.17) is 15.3 Å². The second-order valence-electron chi connectivity index (χ2n) is 15.1. The molecule has 5 rings (SSSR count). The Balaban J connectivity index is 0.000000230. The first-order valence-corrected chi connectivity index (χ1v) is 15.1. The molecule has 0 spiro atoms. The quantitative estimate of drug-likeness (QED) is 0.225. The largest absolute Gasteiger partial charge is 0.481 e. The van der Waals surface area contributed by atoms with Crippen LogP contribution in [0.4, 0.5) is 0 Å². The summed E-state index contributed by atoms with van der Waals surface area (Å²) in [6.07, 6.45) is 15.4. The van der Waals surface area contributed by atoms with Crippen molar-refractivity contribution in [1.82, 2.24) is 9.97 Å². The highest BCUT2D eigenvalue weighted by atomic mass is 16.4. The molecular formula is C33H56N4O3. The van der Waals surface area contributed by atoms with E-state index in [1.807, 2.05) is 6.20 Å². The predicted molar refractivity (Wildman–Crippen MR) is 162 cm³/mol. The number of rotatable bonds is 0. The number of Topliss-reactive ketones (excluding diaryl/α,β-unsaturated/α-hetero) is 1. The molecule has 1 heterocycles. The van der Waals surface area contributed by atoms with Crippen molar-refractivity contribution in [2.75, 3.05) is 0 Å². The Labute approximate surface area is 243 Å². The van der Waals surface area contributed by atoms with Crippen LogP contribution in [0.1, 0.15) is 131 Å². The van der Waals surface area contributed by atoms with Gasteiger partial charge in [-0.25, -0.2) is 9.97 Å². The molecule has 4 atom stereocenters. The number of carboxylic acids is 1. The normalized spacial score (nSPS) is 30.0. The third-order valence-corrected chi connectivity index (χ3v) is 10.5. The molecule has 4 aliphatic rings. The summed E-state index contributed by atoms with van der Waals surface area (Å²) in [5.74, 6) is 2.10. The molecule has 1 aromatic rings. The van der Waals surface area contributed by atoms with Crippen molar-refractivity contribution in [2.45, 2.75) is 126 Å². The van der Waals surface area contributed by atoms with Crippen LogP contribution in [-0.2, 0) is 16.0 Å². The Hall–Kier alpha value is -2.31. The maximum absolute atomic E-state index is 12.1. The van der Waals surface area contributed by atoms with Crippen LogP contribution in [0.25, 0.3) is 0 Å². The van der Waals surface area contributed by atoms with E-state index in [0.717, 1.165) is 38.4 Å². The molecule has 4 N–H and O–H groups in total. The molecule has 0 radical (unpaired) electrons. The number of nitrogens with one attached hydrogen (secondary N) is 1. The number of fused-ring (bicyclic) bond motifs is 4. The summed E-state index contributed by atoms with van der Waals surface area (Å²) in [4.78, 5) is 30.0. The lowest BCUT2D eigenvalue weighted by atomic mass is 9.50. The van der Waals surface area contributed by atoms with Gasteiger partial charge in [-0.15, -0.1) is 0 Å². The standard InChI is InChI=1S/C16H24N2.C14H24O.C2H4O2.CH4N2/c1-15(2)7-8-16(3,4)13-12(15)6-5-11-9-17-10-18-14(11)13;1-13(2)8-9-14(3,4)12-10(13)6-5-7-11(12)15;1-2(3)4;2-1-3/h9-10,12-13H,5-8H2,1-4H3;10,12H,5-9H2,1-4H3;1H3,(H,3,4);1H,(H3,2,3). The van der Waals surface area contributed by atoms with Crippen molar-refractivity contribution in [2.24, 2.45) is 45.1 Å². The van der Waals surface area contributed by atoms with Gasteiger partial charge >= 0.3 is 0 Å². The molecule has 0 amide bonds. The van der Waals surface area contributed by atoms with Crippen molar-refractivity contribution in [1.29, 1.82) is 5.41 Å². The maximum Gasteiger partial charge on any atom is 0.300 e. The Kier molecular flexibility index (Phi) is 11.1. The van der Waals surface area contributed by atoms with Gasteiger partial charge in [-0.1, -0.05) is 55.4 Å². The number of carbonyl (C=O) groups excluding carboxylic acids is 1. The summed E-state index contributed by atoms with van der Waals surface area (Å²) in [6.45, 7) is 20.1. The number of hydrogen-bond acceptors (Lipinski definition) is 5. The first-order chi connectivity index (χ1) is 18.4. The van der Waals surface area contributed by atoms with Gasteiger partial charge in [0.2, 0.25) is 0 Å². The summed E-state index contributed by atoms with van der Waals surface area (Å²) in [6, 6.07) is 0. The number of hydrogen-bond donors (Lipinski definition) is 3. The molecule has 0 bridgehead atoms. The minimum Gasteiger partial charge on any atom is -0.481 e. The van der Waals surface area contributed by atoms with Crippen LogP contribution in [0.15, 0.2) is 12.5 Å². The van der Waals surface area contributed by atoms with Gasteiger partial charge in [-0.05, 0) is 90.4 Å². The number of aliphatic carboxylic acids is 1. The second kappa shape index (κ2) is 13.1. The molecule has 4 unspecified atom stereocenters. The van der Waals surface area contributed by atoms with Crippen LogP contribution < -0.4 is 5.73 Å². The van der Waals surface area contributed by atoms with Crippen LogP contribution in [0.2, 0.25) is 0 Å². The van der Waals surface area contributed by atoms with Gasteiger partial charge < -0.3 is 10.8 Å². The Morgan fingerprint density at radius 1 is 0.900 bits per heavy atom. The van der Waals surface area contributed by atoms with Gasteiger partial charge in [0.25, 0.3) is 5.97 Å². The lowest BCUT2D eigenvalue weighted by Gasteiger charge is -2.54. The molecule has 40 heavy (non-hydrogen) atoms. The van der Waals surface area contributed by atoms with E-state index in [-0.39, 0.29) is 5.41 Å². The zero-order valence-electron chi connectivity index (χ0n) is 26.6. The SMILES string of the molecule is CC(=O)O.CC1(C)CCC(C)(C)C2C(=O)CCCC21.CC1(C)CCC(C)(C)C2c3ncncc3CCC21.N=CN. The Morgan fingerprint density at radius 3 is 1.85 bits per heavy atom. The number of carbonyl (C=O) groups is 2. The smallest absolute Gasteiger partial charge is 0.300 e. The molecule has 3 fully saturated rings. The van der Waals surface area contributed by atoms with E-state index < -0.39 is 5.97 Å². The predicted octanol–water partition coefficient (Wildman–Crippen LogP) is 7.43. The number of aromatic nitrogens is 2. The summed E-state index contributed by atoms with van der Waals surface area (Å²) >= 11 is 0. The second-order valence-corrected chi connectivity index (χ2v) is 15.1. The average molecular weight is 557 g/mol. The van der Waals surface area contributed by atoms with Gasteiger partial charge in [0.15, 0.2) is 0 Å². The Morgan fingerprint density at radius 2 is 1.35 bits per heavy atom. The van der Waals surface area contributed by atoms with E-state index in [9.17, 15) is 4.79 Å². The first-order valence-electron chi connectivity index (χ1n) is 15.1. The number of ketones is 1. The molecular weight excluding hydrogens is 500 g/mol. The third kappa shape index (κ3) is 7.91. The van der Waals surface area contributed by atoms with E-state index >= 15 is 0 Å². The van der Waals surface area contributed by atoms with Gasteiger partial charge in [-0.3, -0.25) is 15.0 Å². The summed E-state index contributed by atoms with van der Waals surface area (Å²) < 4.78 is 0. The monoisotopic (exact) mass is 556 g/mol. The van der Waals surface area contributed by atoms with Crippen molar-refractivity contribution < 1.29 is 14.7 Å². The zero-order valence-corrected chi connectivity index (χ0v) is 26.6. The van der Waals surface area contributed by atoms with Crippen LogP contribution in [-0.4, -0.2) is 33.2 Å². The van der Waals surface area contributed by atoms with Crippen LogP contribution in [0, 0.1) is 44.8 Å². The van der Waals surface area contributed by atoms with Crippen LogP contribution in [0.3, 0.4) is 0 Å². The number of aryl methyl sites for hydroxylation is 1. The molecule has 3 saturated carbocycles. The van der Waals surface area contributed by atoms with Gasteiger partial charge in [0, 0.05) is 31.4 Å². The number of nitrogens with zero attached hydrogens (tertiary/aromatic N) is 2. The maximum atomic E-state index is 12.1. The molecule has 0 saturated heterocycles. The molecule has 0 aliphatic heterocycles. The molecule has 0 aromatic carbocycles. The fraction of sp³-hybridized carbons (Fsp3) is 0.788. The lowest BCUT2D eigenvalue weighted by Crippen LogP contribution is -2.49. The van der Waals surface area contributed by atoms with Gasteiger partial charge in [0.05, 0.1) is 12.0 Å². The van der Waals surface area contributed by atoms with Crippen molar-refractivity contribution in [3.8, 4) is 0 Å². The van der Waals surface area contributed by atoms with Crippen LogP contribution >= 0.6 is 0 Å². The summed E-state index contributed by atoms with van der Waals surface area (Å²) in [5, 5.41) is 13.3. The highest BCUT2D eigenvalue weighted by molar-refractivity contribution is 5.83. The van der Waals surface area contributed by atoms with E-state index in [1.54, 1.807) is 6.33 Å². The van der Waals surface area contributed by atoms with Crippen LogP contribution in [0.5, 0.6) is 0 Å². The van der Waals surface area contributed by atoms with Gasteiger partial charge in [-0.2, -0.15) is 0 Å². The molecule has 4 aliphatic carbocycles. The van der Waals surface area contributed by atoms with E-state index in [0.29, 0.717) is 39.8 Å². The fourth-order valence-electron chi connectivity index (χ4n) is 8.10. The molecule has 226 valence electrons. The summed E-state index contributed by atoms with van der Waals surface area (Å²) in [7, 11) is 0. The first kappa shape index (κ1) is 33.9. The van der Waals surface area contributed by atoms with Gasteiger partial charge in [0.1, 0.15) is 12.1 Å². The highest BCUT2D eigenvalue weighted by Crippen LogP contribution is 2.60. The van der Waals surface area contributed by atoms with Crippen molar-refractivity contribution in [3.63, 3.8) is 0 Å². The third-order valence-electron chi connectivity index (χ3n) is 10.5. The number of carboxylic acid groups (broad SMARTS) is 1. The average Bonchev–Trinajstić information content (AvgIpc) is 2.85. The Bertz CT molecular complexity index is 1030. The zero-order chi connectivity index (χ0) is 30.5. The van der Waals surface area contributed by atoms with E-state index in [2.05, 4.69) is 71.1 Å².